The maximum atomic E-state index is 11.6. The van der Waals surface area contributed by atoms with Gasteiger partial charge in [-0.25, -0.2) is 15.2 Å². The monoisotopic (exact) mass is 276 g/mol. The number of benzene rings is 1. The van der Waals surface area contributed by atoms with E-state index in [0.717, 1.165) is 5.69 Å². The number of anilines is 1. The third-order valence-electron chi connectivity index (χ3n) is 2.17. The second-order valence-electron chi connectivity index (χ2n) is 3.69. The molecule has 0 aliphatic heterocycles. The van der Waals surface area contributed by atoms with E-state index >= 15 is 0 Å². The summed E-state index contributed by atoms with van der Waals surface area (Å²) in [5, 5.41) is 4.81. The van der Waals surface area contributed by atoms with Crippen LogP contribution in [-0.2, 0) is 0 Å². The van der Waals surface area contributed by atoms with E-state index in [1.54, 1.807) is 24.3 Å². The van der Waals surface area contributed by atoms with Gasteiger partial charge in [0.05, 0.1) is 5.69 Å². The van der Waals surface area contributed by atoms with E-state index in [9.17, 15) is 9.59 Å². The summed E-state index contributed by atoms with van der Waals surface area (Å²) in [4.78, 5) is 27.2. The predicted octanol–water partition coefficient (Wildman–Crippen LogP) is 1.92. The van der Waals surface area contributed by atoms with Crippen molar-refractivity contribution < 1.29 is 9.59 Å². The van der Waals surface area contributed by atoms with Gasteiger partial charge in [-0.1, -0.05) is 18.2 Å². The van der Waals surface area contributed by atoms with Gasteiger partial charge >= 0.3 is 6.03 Å². The van der Waals surface area contributed by atoms with Crippen LogP contribution >= 0.6 is 11.3 Å². The number of nitrogens with zero attached hydrogens (tertiary/aromatic N) is 1. The van der Waals surface area contributed by atoms with Crippen molar-refractivity contribution in [3.8, 4) is 0 Å². The average Bonchev–Trinajstić information content (AvgIpc) is 2.82. The zero-order chi connectivity index (χ0) is 13.7. The van der Waals surface area contributed by atoms with Crippen molar-refractivity contribution in [2.24, 2.45) is 0 Å². The molecule has 3 amide bonds. The number of amides is 3. The van der Waals surface area contributed by atoms with Crippen LogP contribution in [0.1, 0.15) is 16.1 Å². The Hall–Kier alpha value is -2.41. The largest absolute Gasteiger partial charge is 0.339 e. The first-order valence-electron chi connectivity index (χ1n) is 5.49. The molecule has 2 rings (SSSR count). The van der Waals surface area contributed by atoms with E-state index in [-0.39, 0.29) is 5.91 Å². The fraction of sp³-hybridized carbons (Fsp3) is 0.0833. The van der Waals surface area contributed by atoms with Crippen molar-refractivity contribution in [1.29, 1.82) is 0 Å². The predicted molar refractivity (Wildman–Crippen MR) is 72.9 cm³/mol. The Morgan fingerprint density at radius 1 is 1.16 bits per heavy atom. The van der Waals surface area contributed by atoms with E-state index in [1.165, 1.54) is 11.3 Å². The molecule has 0 spiro atoms. The summed E-state index contributed by atoms with van der Waals surface area (Å²) < 4.78 is 0. The Bertz CT molecular complexity index is 582. The molecule has 3 N–H and O–H groups in total. The van der Waals surface area contributed by atoms with Crippen molar-refractivity contribution in [1.82, 2.24) is 15.8 Å². The van der Waals surface area contributed by atoms with Crippen molar-refractivity contribution in [2.75, 3.05) is 5.32 Å². The maximum Gasteiger partial charge on any atom is 0.339 e. The number of hydrogen-bond donors (Lipinski definition) is 3. The number of thiazole rings is 1. The number of aryl methyl sites for hydroxylation is 1. The summed E-state index contributed by atoms with van der Waals surface area (Å²) in [6.45, 7) is 1.83. The Morgan fingerprint density at radius 3 is 2.53 bits per heavy atom. The molecular formula is C12H12N4O2S. The van der Waals surface area contributed by atoms with Crippen LogP contribution in [0, 0.1) is 6.92 Å². The highest BCUT2D eigenvalue weighted by Crippen LogP contribution is 2.13. The van der Waals surface area contributed by atoms with Gasteiger partial charge in [0.25, 0.3) is 5.91 Å². The van der Waals surface area contributed by atoms with E-state index < -0.39 is 6.03 Å². The standard InChI is InChI=1S/C12H12N4O2S/c1-8-7-19-12(13-8)14-11(18)16-15-10(17)9-5-3-2-4-6-9/h2-7H,1H3,(H,15,17)(H2,13,14,16,18). The van der Waals surface area contributed by atoms with Gasteiger partial charge in [-0.15, -0.1) is 11.3 Å². The first kappa shape index (κ1) is 13.0. The van der Waals surface area contributed by atoms with Crippen LogP contribution in [0.3, 0.4) is 0 Å². The molecule has 0 fully saturated rings. The number of aromatic nitrogens is 1. The second-order valence-corrected chi connectivity index (χ2v) is 4.55. The van der Waals surface area contributed by atoms with E-state index in [2.05, 4.69) is 21.2 Å². The lowest BCUT2D eigenvalue weighted by molar-refractivity contribution is 0.0938. The van der Waals surface area contributed by atoms with Crippen LogP contribution in [0.4, 0.5) is 9.93 Å². The molecule has 0 saturated heterocycles. The minimum atomic E-state index is -0.543. The number of carbonyl (C=O) groups is 2. The molecule has 98 valence electrons. The topological polar surface area (TPSA) is 83.1 Å². The highest BCUT2D eigenvalue weighted by atomic mass is 32.1. The summed E-state index contributed by atoms with van der Waals surface area (Å²) >= 11 is 1.31. The molecule has 7 heteroatoms. The number of carbonyl (C=O) groups excluding carboxylic acids is 2. The van der Waals surface area contributed by atoms with Gasteiger partial charge in [-0.2, -0.15) is 0 Å². The SMILES string of the molecule is Cc1csc(NC(=O)NNC(=O)c2ccccc2)n1. The zero-order valence-electron chi connectivity index (χ0n) is 10.1. The Labute approximate surface area is 113 Å². The van der Waals surface area contributed by atoms with Gasteiger partial charge in [0.15, 0.2) is 5.13 Å². The van der Waals surface area contributed by atoms with Gasteiger partial charge in [0, 0.05) is 10.9 Å². The van der Waals surface area contributed by atoms with Crippen LogP contribution in [0.25, 0.3) is 0 Å². The molecule has 6 nitrogen and oxygen atoms in total. The third kappa shape index (κ3) is 3.78. The first-order valence-corrected chi connectivity index (χ1v) is 6.37. The normalized spacial score (nSPS) is 9.74. The van der Waals surface area contributed by atoms with Crippen molar-refractivity contribution >= 4 is 28.4 Å². The molecule has 0 aliphatic rings. The van der Waals surface area contributed by atoms with Gasteiger partial charge in [0.2, 0.25) is 0 Å². The van der Waals surface area contributed by atoms with Crippen LogP contribution in [-0.4, -0.2) is 16.9 Å². The summed E-state index contributed by atoms with van der Waals surface area (Å²) in [5.74, 6) is -0.383. The lowest BCUT2D eigenvalue weighted by atomic mass is 10.2. The highest BCUT2D eigenvalue weighted by molar-refractivity contribution is 7.13. The van der Waals surface area contributed by atoms with Crippen molar-refractivity contribution in [3.63, 3.8) is 0 Å². The molecule has 19 heavy (non-hydrogen) atoms. The third-order valence-corrected chi connectivity index (χ3v) is 3.04. The van der Waals surface area contributed by atoms with Crippen LogP contribution < -0.4 is 16.2 Å². The van der Waals surface area contributed by atoms with Crippen molar-refractivity contribution in [3.05, 3.63) is 47.0 Å². The molecule has 0 unspecified atom stereocenters. The van der Waals surface area contributed by atoms with Gasteiger partial charge in [-0.3, -0.25) is 15.5 Å². The number of hydrazine groups is 1. The van der Waals surface area contributed by atoms with Gasteiger partial charge < -0.3 is 0 Å². The molecule has 1 heterocycles. The minimum Gasteiger partial charge on any atom is -0.282 e. The van der Waals surface area contributed by atoms with Gasteiger partial charge in [-0.05, 0) is 19.1 Å². The van der Waals surface area contributed by atoms with Crippen LogP contribution in [0.2, 0.25) is 0 Å². The quantitative estimate of drug-likeness (QED) is 0.733. The summed E-state index contributed by atoms with van der Waals surface area (Å²) in [6.07, 6.45) is 0. The molecule has 0 bridgehead atoms. The molecule has 0 saturated carbocycles. The van der Waals surface area contributed by atoms with E-state index in [0.29, 0.717) is 10.7 Å². The summed E-state index contributed by atoms with van der Waals surface area (Å²) in [5.41, 5.74) is 5.85. The smallest absolute Gasteiger partial charge is 0.282 e. The average molecular weight is 276 g/mol. The number of hydrogen-bond acceptors (Lipinski definition) is 4. The second kappa shape index (κ2) is 5.96. The van der Waals surface area contributed by atoms with Gasteiger partial charge in [0.1, 0.15) is 0 Å². The molecule has 0 aliphatic carbocycles. The summed E-state index contributed by atoms with van der Waals surface area (Å²) in [6, 6.07) is 8.05. The summed E-state index contributed by atoms with van der Waals surface area (Å²) in [7, 11) is 0. The number of nitrogens with one attached hydrogen (secondary N) is 3. The van der Waals surface area contributed by atoms with E-state index in [4.69, 9.17) is 0 Å². The molecule has 0 atom stereocenters. The molecule has 2 aromatic rings. The Balaban J connectivity index is 1.82. The fourth-order valence-electron chi connectivity index (χ4n) is 1.31. The number of urea groups is 1. The highest BCUT2D eigenvalue weighted by Gasteiger charge is 2.07. The van der Waals surface area contributed by atoms with Crippen molar-refractivity contribution in [2.45, 2.75) is 6.92 Å². The van der Waals surface area contributed by atoms with Crippen LogP contribution in [0.15, 0.2) is 35.7 Å². The van der Waals surface area contributed by atoms with E-state index in [1.807, 2.05) is 18.4 Å². The molecule has 0 radical (unpaired) electrons. The molecular weight excluding hydrogens is 264 g/mol. The lowest BCUT2D eigenvalue weighted by Gasteiger charge is -2.07. The maximum absolute atomic E-state index is 11.6. The molecule has 1 aromatic heterocycles. The lowest BCUT2D eigenvalue weighted by Crippen LogP contribution is -2.43. The van der Waals surface area contributed by atoms with Crippen LogP contribution in [0.5, 0.6) is 0 Å². The fourth-order valence-corrected chi connectivity index (χ4v) is 2.00. The number of rotatable bonds is 2. The molecule has 1 aromatic carbocycles. The first-order chi connectivity index (χ1) is 9.15. The Kier molecular flexibility index (Phi) is 4.09. The zero-order valence-corrected chi connectivity index (χ0v) is 11.0. The Morgan fingerprint density at radius 2 is 1.89 bits per heavy atom. The minimum absolute atomic E-state index is 0.383.